The van der Waals surface area contributed by atoms with Crippen LogP contribution in [-0.2, 0) is 49.5 Å². The minimum Gasteiger partial charge on any atom is -0.460 e. The molecule has 322 valence electrons. The van der Waals surface area contributed by atoms with Crippen molar-refractivity contribution in [1.82, 2.24) is 25.3 Å². The SMILES string of the molecule is C=CCCCC1OC(=O)[C@H](C(C)C)NC(=O)[C@H](C)N(C)C(=O)[C@@H]2CCCN2C(=O)C(Cc2ccccc2)OC(=O)C(C(C)C)N(C)C(=O)C(C(C)C)NC(=O)C1(C)C. The number of fused-ring (bicyclic) bond motifs is 1. The fourth-order valence-corrected chi connectivity index (χ4v) is 7.51. The lowest BCUT2D eigenvalue weighted by Gasteiger charge is -2.38. The van der Waals surface area contributed by atoms with E-state index in [-0.39, 0.29) is 19.4 Å². The van der Waals surface area contributed by atoms with E-state index in [4.69, 9.17) is 9.47 Å². The number of carbonyl (C=O) groups excluding carboxylic acids is 7. The average molecular weight is 810 g/mol. The summed E-state index contributed by atoms with van der Waals surface area (Å²) in [5.74, 6) is -5.65. The largest absolute Gasteiger partial charge is 0.460 e. The van der Waals surface area contributed by atoms with Gasteiger partial charge in [-0.15, -0.1) is 6.58 Å². The average Bonchev–Trinajstić information content (AvgIpc) is 3.66. The summed E-state index contributed by atoms with van der Waals surface area (Å²) < 4.78 is 12.2. The van der Waals surface area contributed by atoms with Gasteiger partial charge in [-0.1, -0.05) is 78.0 Å². The first-order chi connectivity index (χ1) is 27.1. The van der Waals surface area contributed by atoms with Crippen LogP contribution in [0.25, 0.3) is 0 Å². The number of cyclic esters (lactones) is 2. The van der Waals surface area contributed by atoms with Crippen LogP contribution in [0.5, 0.6) is 0 Å². The second-order valence-corrected chi connectivity index (χ2v) is 17.4. The fraction of sp³-hybridized carbons (Fsp3) is 0.659. The summed E-state index contributed by atoms with van der Waals surface area (Å²) in [5, 5.41) is 5.67. The zero-order valence-electron chi connectivity index (χ0n) is 36.4. The van der Waals surface area contributed by atoms with Crippen molar-refractivity contribution >= 4 is 41.5 Å². The van der Waals surface area contributed by atoms with E-state index in [1.54, 1.807) is 85.7 Å². The Morgan fingerprint density at radius 2 is 1.43 bits per heavy atom. The summed E-state index contributed by atoms with van der Waals surface area (Å²) in [4.78, 5) is 103. The van der Waals surface area contributed by atoms with Crippen LogP contribution in [-0.4, -0.2) is 119 Å². The molecule has 3 rings (SSSR count). The summed E-state index contributed by atoms with van der Waals surface area (Å²) >= 11 is 0. The Morgan fingerprint density at radius 1 is 0.810 bits per heavy atom. The van der Waals surface area contributed by atoms with Crippen LogP contribution in [0.4, 0.5) is 0 Å². The molecule has 2 saturated heterocycles. The number of nitrogens with zero attached hydrogens (tertiary/aromatic N) is 3. The Hall–Kier alpha value is -4.75. The van der Waals surface area contributed by atoms with Gasteiger partial charge in [0.05, 0.1) is 5.41 Å². The van der Waals surface area contributed by atoms with Crippen molar-refractivity contribution in [1.29, 1.82) is 0 Å². The van der Waals surface area contributed by atoms with Gasteiger partial charge in [0.25, 0.3) is 5.91 Å². The van der Waals surface area contributed by atoms with Crippen LogP contribution < -0.4 is 10.6 Å². The third kappa shape index (κ3) is 11.5. The Bertz CT molecular complexity index is 1640. The molecule has 0 saturated carbocycles. The van der Waals surface area contributed by atoms with Crippen LogP contribution in [0.3, 0.4) is 0 Å². The van der Waals surface area contributed by atoms with Crippen molar-refractivity contribution in [2.75, 3.05) is 20.6 Å². The van der Waals surface area contributed by atoms with Gasteiger partial charge in [-0.2, -0.15) is 0 Å². The molecule has 2 aliphatic rings. The van der Waals surface area contributed by atoms with Gasteiger partial charge < -0.3 is 34.8 Å². The molecule has 4 unspecified atom stereocenters. The zero-order valence-corrected chi connectivity index (χ0v) is 36.4. The Kier molecular flexibility index (Phi) is 17.1. The highest BCUT2D eigenvalue weighted by atomic mass is 16.6. The lowest BCUT2D eigenvalue weighted by Crippen LogP contribution is -2.60. The molecule has 1 aromatic carbocycles. The second kappa shape index (κ2) is 20.8. The first-order valence-electron chi connectivity index (χ1n) is 20.7. The normalized spacial score (nSPS) is 27.4. The Balaban J connectivity index is 2.18. The molecule has 5 amide bonds. The molecule has 58 heavy (non-hydrogen) atoms. The van der Waals surface area contributed by atoms with Gasteiger partial charge in [0.1, 0.15) is 36.3 Å². The molecular formula is C44H67N5O9. The topological polar surface area (TPSA) is 172 Å². The maximum Gasteiger partial charge on any atom is 0.329 e. The molecular weight excluding hydrogens is 743 g/mol. The third-order valence-electron chi connectivity index (χ3n) is 11.5. The molecule has 0 aliphatic carbocycles. The molecule has 14 heteroatoms. The van der Waals surface area contributed by atoms with Crippen molar-refractivity contribution in [3.8, 4) is 0 Å². The highest BCUT2D eigenvalue weighted by Gasteiger charge is 2.46. The lowest BCUT2D eigenvalue weighted by atomic mass is 9.82. The number of amides is 5. The number of nitrogens with one attached hydrogen (secondary N) is 2. The van der Waals surface area contributed by atoms with Crippen LogP contribution in [0.1, 0.15) is 100.0 Å². The van der Waals surface area contributed by atoms with Crippen molar-refractivity contribution < 1.29 is 43.0 Å². The second-order valence-electron chi connectivity index (χ2n) is 17.4. The number of rotatable bonds is 9. The molecule has 2 heterocycles. The van der Waals surface area contributed by atoms with E-state index < -0.39 is 107 Å². The van der Waals surface area contributed by atoms with Crippen molar-refractivity contribution in [2.45, 2.75) is 143 Å². The predicted octanol–water partition coefficient (Wildman–Crippen LogP) is 4.05. The zero-order chi connectivity index (χ0) is 43.6. The van der Waals surface area contributed by atoms with Gasteiger partial charge in [-0.05, 0) is 76.2 Å². The van der Waals surface area contributed by atoms with E-state index in [9.17, 15) is 33.6 Å². The minimum atomic E-state index is -1.36. The number of allylic oxidation sites excluding steroid dienone is 1. The standard InChI is InChI=1S/C44H67N5O9/c1-13-14-16-23-33-44(9,10)43(56)46-34(26(2)3)40(53)48(12)36(28(6)7)42(55)57-32(25-30-20-17-15-18-21-30)39(52)49-24-19-22-31(49)38(51)47(11)29(8)37(50)45-35(27(4)5)41(54)58-33/h13,15,17-18,20-21,26-29,31-36H,1,14,16,19,22-25H2,2-12H3,(H,45,50)(H,46,56)/t29-,31-,32?,33?,34?,35-,36?/m0/s1. The molecule has 1 aromatic rings. The molecule has 0 spiro atoms. The molecule has 0 radical (unpaired) electrons. The smallest absolute Gasteiger partial charge is 0.329 e. The number of unbranched alkanes of at least 4 members (excludes halogenated alkanes) is 1. The fourth-order valence-electron chi connectivity index (χ4n) is 7.51. The number of hydrogen-bond acceptors (Lipinski definition) is 9. The van der Waals surface area contributed by atoms with E-state index >= 15 is 0 Å². The highest BCUT2D eigenvalue weighted by Crippen LogP contribution is 2.30. The molecule has 0 bridgehead atoms. The van der Waals surface area contributed by atoms with Gasteiger partial charge >= 0.3 is 11.9 Å². The maximum absolute atomic E-state index is 14.5. The van der Waals surface area contributed by atoms with E-state index in [0.717, 1.165) is 5.56 Å². The van der Waals surface area contributed by atoms with E-state index in [1.165, 1.54) is 35.7 Å². The van der Waals surface area contributed by atoms with Crippen LogP contribution in [0.2, 0.25) is 0 Å². The summed E-state index contributed by atoms with van der Waals surface area (Å²) in [7, 11) is 2.94. The van der Waals surface area contributed by atoms with Crippen molar-refractivity contribution in [3.05, 3.63) is 48.6 Å². The molecule has 2 fully saturated rings. The number of likely N-dealkylation sites (N-methyl/N-ethyl adjacent to an activating group) is 2. The van der Waals surface area contributed by atoms with E-state index in [2.05, 4.69) is 17.2 Å². The van der Waals surface area contributed by atoms with Crippen LogP contribution in [0.15, 0.2) is 43.0 Å². The monoisotopic (exact) mass is 809 g/mol. The number of hydrogen-bond donors (Lipinski definition) is 2. The number of benzene rings is 1. The lowest BCUT2D eigenvalue weighted by molar-refractivity contribution is -0.169. The highest BCUT2D eigenvalue weighted by molar-refractivity contribution is 5.96. The van der Waals surface area contributed by atoms with Gasteiger partial charge in [-0.3, -0.25) is 24.0 Å². The minimum absolute atomic E-state index is 0.0142. The number of ether oxygens (including phenoxy) is 2. The van der Waals surface area contributed by atoms with Gasteiger partial charge in [0, 0.05) is 27.1 Å². The predicted molar refractivity (Wildman–Crippen MR) is 220 cm³/mol. The summed E-state index contributed by atoms with van der Waals surface area (Å²) in [5.41, 5.74) is -0.642. The molecule has 14 nitrogen and oxygen atoms in total. The van der Waals surface area contributed by atoms with E-state index in [0.29, 0.717) is 25.7 Å². The Morgan fingerprint density at radius 3 is 2.00 bits per heavy atom. The van der Waals surface area contributed by atoms with E-state index in [1.807, 2.05) is 6.07 Å². The first-order valence-corrected chi connectivity index (χ1v) is 20.7. The summed E-state index contributed by atoms with van der Waals surface area (Å²) in [6.07, 6.45) is 1.68. The molecule has 7 atom stereocenters. The van der Waals surface area contributed by atoms with Gasteiger partial charge in [0.15, 0.2) is 6.10 Å². The number of carbonyl (C=O) groups is 7. The summed E-state index contributed by atoms with van der Waals surface area (Å²) in [6, 6.07) is 3.70. The van der Waals surface area contributed by atoms with Gasteiger partial charge in [-0.25, -0.2) is 9.59 Å². The maximum atomic E-state index is 14.5. The molecule has 2 aliphatic heterocycles. The molecule has 2 N–H and O–H groups in total. The molecule has 0 aromatic heterocycles. The summed E-state index contributed by atoms with van der Waals surface area (Å²) in [6.45, 7) is 19.4. The Labute approximate surface area is 344 Å². The quantitative estimate of drug-likeness (QED) is 0.212. The van der Waals surface area contributed by atoms with Crippen LogP contribution >= 0.6 is 0 Å². The van der Waals surface area contributed by atoms with Crippen molar-refractivity contribution in [2.24, 2.45) is 23.2 Å². The van der Waals surface area contributed by atoms with Gasteiger partial charge in [0.2, 0.25) is 23.6 Å². The first kappa shape index (κ1) is 47.6. The third-order valence-corrected chi connectivity index (χ3v) is 11.5. The van der Waals surface area contributed by atoms with Crippen LogP contribution in [0, 0.1) is 23.2 Å². The van der Waals surface area contributed by atoms with Crippen molar-refractivity contribution in [3.63, 3.8) is 0 Å². The number of esters is 2.